The molecule has 3 nitrogen and oxygen atoms in total. The zero-order chi connectivity index (χ0) is 13.7. The molecule has 0 amide bonds. The van der Waals surface area contributed by atoms with Crippen molar-refractivity contribution in [3.05, 3.63) is 58.3 Å². The molecule has 1 heterocycles. The zero-order valence-electron chi connectivity index (χ0n) is 10.7. The molecule has 0 unspecified atom stereocenters. The first-order valence-electron chi connectivity index (χ1n) is 6.02. The number of nitrogens with zero attached hydrogens (tertiary/aromatic N) is 3. The van der Waals surface area contributed by atoms with E-state index in [1.165, 1.54) is 0 Å². The Labute approximate surface area is 121 Å². The second-order valence-electron chi connectivity index (χ2n) is 4.24. The predicted octanol–water partition coefficient (Wildman–Crippen LogP) is 3.39. The molecule has 0 spiro atoms. The van der Waals surface area contributed by atoms with Crippen LogP contribution in [0, 0.1) is 11.3 Å². The Bertz CT molecular complexity index is 590. The van der Waals surface area contributed by atoms with Crippen molar-refractivity contribution in [1.29, 1.82) is 5.26 Å². The van der Waals surface area contributed by atoms with Crippen LogP contribution in [-0.4, -0.2) is 18.6 Å². The van der Waals surface area contributed by atoms with E-state index in [1.54, 1.807) is 6.20 Å². The number of rotatable bonds is 4. The van der Waals surface area contributed by atoms with E-state index < -0.39 is 0 Å². The van der Waals surface area contributed by atoms with Gasteiger partial charge in [0.15, 0.2) is 0 Å². The second-order valence-corrected chi connectivity index (χ2v) is 5.09. The summed E-state index contributed by atoms with van der Waals surface area (Å²) in [6.07, 6.45) is 2.66. The molecule has 0 aliphatic carbocycles. The van der Waals surface area contributed by atoms with Crippen LogP contribution in [0.4, 0.5) is 5.69 Å². The highest BCUT2D eigenvalue weighted by Gasteiger charge is 2.10. The molecule has 0 N–H and O–H groups in total. The SMILES string of the molecule is CN(CCc1ccccn1)c1cccc(Br)c1C#N. The fourth-order valence-electron chi connectivity index (χ4n) is 1.89. The van der Waals surface area contributed by atoms with Crippen LogP contribution in [0.2, 0.25) is 0 Å². The lowest BCUT2D eigenvalue weighted by Crippen LogP contribution is -2.21. The second kappa shape index (κ2) is 6.35. The van der Waals surface area contributed by atoms with Gasteiger partial charge in [0.25, 0.3) is 0 Å². The molecule has 96 valence electrons. The third kappa shape index (κ3) is 3.33. The van der Waals surface area contributed by atoms with Crippen LogP contribution in [0.25, 0.3) is 0 Å². The molecule has 4 heteroatoms. The van der Waals surface area contributed by atoms with E-state index >= 15 is 0 Å². The van der Waals surface area contributed by atoms with Crippen LogP contribution in [0.5, 0.6) is 0 Å². The van der Waals surface area contributed by atoms with Gasteiger partial charge in [-0.1, -0.05) is 12.1 Å². The highest BCUT2D eigenvalue weighted by molar-refractivity contribution is 9.10. The Hall–Kier alpha value is -1.86. The molecular formula is C15H14BrN3. The molecule has 0 fully saturated rings. The molecule has 1 aromatic heterocycles. The van der Waals surface area contributed by atoms with E-state index in [9.17, 15) is 5.26 Å². The topological polar surface area (TPSA) is 39.9 Å². The third-order valence-corrected chi connectivity index (χ3v) is 3.61. The standard InChI is InChI=1S/C15H14BrN3/c1-19(10-8-12-5-2-3-9-18-12)15-7-4-6-14(16)13(15)11-17/h2-7,9H,8,10H2,1H3. The van der Waals surface area contributed by atoms with Crippen LogP contribution in [0.15, 0.2) is 47.1 Å². The summed E-state index contributed by atoms with van der Waals surface area (Å²) in [5.74, 6) is 0. The van der Waals surface area contributed by atoms with Gasteiger partial charge in [-0.15, -0.1) is 0 Å². The fourth-order valence-corrected chi connectivity index (χ4v) is 2.33. The lowest BCUT2D eigenvalue weighted by Gasteiger charge is -2.20. The van der Waals surface area contributed by atoms with Crippen molar-refractivity contribution in [2.75, 3.05) is 18.5 Å². The first kappa shape index (κ1) is 13.6. The number of nitriles is 1. The number of aromatic nitrogens is 1. The molecule has 0 atom stereocenters. The van der Waals surface area contributed by atoms with Crippen LogP contribution < -0.4 is 4.90 Å². The van der Waals surface area contributed by atoms with Crippen molar-refractivity contribution in [2.24, 2.45) is 0 Å². The molecule has 0 radical (unpaired) electrons. The van der Waals surface area contributed by atoms with Crippen LogP contribution in [0.1, 0.15) is 11.3 Å². The summed E-state index contributed by atoms with van der Waals surface area (Å²) >= 11 is 3.41. The quantitative estimate of drug-likeness (QED) is 0.868. The number of pyridine rings is 1. The minimum atomic E-state index is 0.672. The minimum Gasteiger partial charge on any atom is -0.373 e. The van der Waals surface area contributed by atoms with Gasteiger partial charge in [-0.3, -0.25) is 4.98 Å². The number of benzene rings is 1. The van der Waals surface area contributed by atoms with Gasteiger partial charge in [-0.2, -0.15) is 5.26 Å². The molecule has 0 aliphatic rings. The summed E-state index contributed by atoms with van der Waals surface area (Å²) in [5, 5.41) is 9.21. The van der Waals surface area contributed by atoms with Crippen molar-refractivity contribution in [1.82, 2.24) is 4.98 Å². The molecule has 19 heavy (non-hydrogen) atoms. The number of hydrogen-bond donors (Lipinski definition) is 0. The van der Waals surface area contributed by atoms with E-state index in [4.69, 9.17) is 0 Å². The molecule has 2 rings (SSSR count). The van der Waals surface area contributed by atoms with Gasteiger partial charge in [0.1, 0.15) is 6.07 Å². The van der Waals surface area contributed by atoms with Gasteiger partial charge in [0, 0.05) is 36.4 Å². The molecule has 0 saturated carbocycles. The van der Waals surface area contributed by atoms with Gasteiger partial charge < -0.3 is 4.90 Å². The number of halogens is 1. The number of likely N-dealkylation sites (N-methyl/N-ethyl adjacent to an activating group) is 1. The lowest BCUT2D eigenvalue weighted by molar-refractivity contribution is 0.851. The van der Waals surface area contributed by atoms with Crippen molar-refractivity contribution in [3.63, 3.8) is 0 Å². The maximum absolute atomic E-state index is 9.21. The Balaban J connectivity index is 2.11. The van der Waals surface area contributed by atoms with Gasteiger partial charge in [0.05, 0.1) is 11.3 Å². The van der Waals surface area contributed by atoms with Gasteiger partial charge in [-0.05, 0) is 40.2 Å². The molecule has 0 aliphatic heterocycles. The van der Waals surface area contributed by atoms with Crippen LogP contribution >= 0.6 is 15.9 Å². The maximum atomic E-state index is 9.21. The van der Waals surface area contributed by atoms with Gasteiger partial charge in [-0.25, -0.2) is 0 Å². The summed E-state index contributed by atoms with van der Waals surface area (Å²) in [5.41, 5.74) is 2.67. The molecule has 2 aromatic rings. The normalized spacial score (nSPS) is 9.95. The van der Waals surface area contributed by atoms with Gasteiger partial charge >= 0.3 is 0 Å². The van der Waals surface area contributed by atoms with E-state index in [2.05, 4.69) is 31.9 Å². The summed E-state index contributed by atoms with van der Waals surface area (Å²) in [6, 6.07) is 13.9. The Morgan fingerprint density at radius 1 is 1.26 bits per heavy atom. The predicted molar refractivity (Wildman–Crippen MR) is 80.1 cm³/mol. The zero-order valence-corrected chi connectivity index (χ0v) is 12.3. The molecule has 0 saturated heterocycles. The van der Waals surface area contributed by atoms with Crippen molar-refractivity contribution in [3.8, 4) is 6.07 Å². The van der Waals surface area contributed by atoms with E-state index in [0.29, 0.717) is 5.56 Å². The minimum absolute atomic E-state index is 0.672. The monoisotopic (exact) mass is 315 g/mol. The number of anilines is 1. The smallest absolute Gasteiger partial charge is 0.103 e. The first-order chi connectivity index (χ1) is 9.22. The summed E-state index contributed by atoms with van der Waals surface area (Å²) in [6.45, 7) is 0.822. The average Bonchev–Trinajstić information content (AvgIpc) is 2.45. The Kier molecular flexibility index (Phi) is 4.53. The van der Waals surface area contributed by atoms with Gasteiger partial charge in [0.2, 0.25) is 0 Å². The highest BCUT2D eigenvalue weighted by atomic mass is 79.9. The Morgan fingerprint density at radius 2 is 2.11 bits per heavy atom. The van der Waals surface area contributed by atoms with Crippen molar-refractivity contribution in [2.45, 2.75) is 6.42 Å². The third-order valence-electron chi connectivity index (χ3n) is 2.94. The summed E-state index contributed by atoms with van der Waals surface area (Å²) in [4.78, 5) is 6.38. The van der Waals surface area contributed by atoms with E-state index in [-0.39, 0.29) is 0 Å². The van der Waals surface area contributed by atoms with E-state index in [0.717, 1.165) is 28.8 Å². The Morgan fingerprint density at radius 3 is 2.79 bits per heavy atom. The molecule has 0 bridgehead atoms. The van der Waals surface area contributed by atoms with Crippen molar-refractivity contribution >= 4 is 21.6 Å². The van der Waals surface area contributed by atoms with Crippen molar-refractivity contribution < 1.29 is 0 Å². The first-order valence-corrected chi connectivity index (χ1v) is 6.81. The van der Waals surface area contributed by atoms with Crippen LogP contribution in [0.3, 0.4) is 0 Å². The maximum Gasteiger partial charge on any atom is 0.103 e. The summed E-state index contributed by atoms with van der Waals surface area (Å²) < 4.78 is 0.831. The number of hydrogen-bond acceptors (Lipinski definition) is 3. The van der Waals surface area contributed by atoms with E-state index in [1.807, 2.05) is 43.4 Å². The average molecular weight is 316 g/mol. The van der Waals surface area contributed by atoms with Crippen LogP contribution in [-0.2, 0) is 6.42 Å². The largest absolute Gasteiger partial charge is 0.373 e. The molecular weight excluding hydrogens is 302 g/mol. The molecule has 1 aromatic carbocycles. The summed E-state index contributed by atoms with van der Waals surface area (Å²) in [7, 11) is 1.99. The highest BCUT2D eigenvalue weighted by Crippen LogP contribution is 2.26. The fraction of sp³-hybridized carbons (Fsp3) is 0.200. The lowest BCUT2D eigenvalue weighted by atomic mass is 10.1.